The highest BCUT2D eigenvalue weighted by Gasteiger charge is 2.21. The van der Waals surface area contributed by atoms with Crippen molar-refractivity contribution < 1.29 is 0 Å². The first kappa shape index (κ1) is 7.11. The van der Waals surface area contributed by atoms with Gasteiger partial charge in [-0.05, 0) is 5.41 Å². The highest BCUT2D eigenvalue weighted by atomic mass is 14.3. The lowest BCUT2D eigenvalue weighted by Crippen LogP contribution is -2.19. The van der Waals surface area contributed by atoms with Crippen LogP contribution in [-0.4, -0.2) is 0 Å². The summed E-state index contributed by atoms with van der Waals surface area (Å²) >= 11 is 0. The van der Waals surface area contributed by atoms with Gasteiger partial charge in [0.05, 0.1) is 0 Å². The Morgan fingerprint density at radius 1 is 1.22 bits per heavy atom. The molecule has 1 rings (SSSR count). The van der Waals surface area contributed by atoms with Crippen LogP contribution in [-0.2, 0) is 0 Å². The molecule has 0 N–H and O–H groups in total. The molecule has 0 amide bonds. The number of hydrogen-bond acceptors (Lipinski definition) is 0. The maximum Gasteiger partial charge on any atom is -0.0356 e. The summed E-state index contributed by atoms with van der Waals surface area (Å²) in [6, 6.07) is 0. The van der Waals surface area contributed by atoms with E-state index in [1.165, 1.54) is 25.7 Å². The molecule has 1 fully saturated rings. The van der Waals surface area contributed by atoms with Crippen LogP contribution in [0, 0.1) is 18.3 Å². The molecular formula is C9H17-. The average Bonchev–Trinajstić information content (AvgIpc) is 1.78. The Labute approximate surface area is 58.7 Å². The largest absolute Gasteiger partial charge is 0.340 e. The normalized spacial score (nSPS) is 28.3. The Morgan fingerprint density at radius 2 is 1.67 bits per heavy atom. The SMILES string of the molecule is [CH2-]C1CCC(C)(C)CC1. The summed E-state index contributed by atoms with van der Waals surface area (Å²) < 4.78 is 0. The zero-order valence-corrected chi connectivity index (χ0v) is 6.61. The van der Waals surface area contributed by atoms with Gasteiger partial charge in [-0.2, -0.15) is 5.92 Å². The predicted molar refractivity (Wildman–Crippen MR) is 41.1 cm³/mol. The number of rotatable bonds is 0. The quantitative estimate of drug-likeness (QED) is 0.436. The van der Waals surface area contributed by atoms with Crippen LogP contribution in [0.5, 0.6) is 0 Å². The summed E-state index contributed by atoms with van der Waals surface area (Å²) in [4.78, 5) is 0. The van der Waals surface area contributed by atoms with Crippen molar-refractivity contribution in [2.45, 2.75) is 39.5 Å². The molecule has 1 aliphatic carbocycles. The van der Waals surface area contributed by atoms with Crippen LogP contribution < -0.4 is 0 Å². The van der Waals surface area contributed by atoms with Crippen molar-refractivity contribution in [2.24, 2.45) is 11.3 Å². The Hall–Kier alpha value is 0. The second-order valence-corrected chi connectivity index (χ2v) is 4.11. The molecule has 0 heteroatoms. The Bertz CT molecular complexity index is 82.2. The second kappa shape index (κ2) is 2.32. The average molecular weight is 125 g/mol. The zero-order valence-electron chi connectivity index (χ0n) is 6.61. The van der Waals surface area contributed by atoms with Crippen molar-refractivity contribution in [3.8, 4) is 0 Å². The molecule has 0 saturated heterocycles. The van der Waals surface area contributed by atoms with Gasteiger partial charge in [0.15, 0.2) is 0 Å². The van der Waals surface area contributed by atoms with E-state index in [-0.39, 0.29) is 0 Å². The van der Waals surface area contributed by atoms with E-state index in [0.717, 1.165) is 5.92 Å². The van der Waals surface area contributed by atoms with E-state index in [1.54, 1.807) is 0 Å². The third kappa shape index (κ3) is 2.00. The Balaban J connectivity index is 2.35. The van der Waals surface area contributed by atoms with Gasteiger partial charge in [-0.1, -0.05) is 39.5 Å². The summed E-state index contributed by atoms with van der Waals surface area (Å²) in [5, 5.41) is 0. The molecule has 9 heavy (non-hydrogen) atoms. The van der Waals surface area contributed by atoms with Crippen molar-refractivity contribution in [3.05, 3.63) is 6.92 Å². The minimum atomic E-state index is 0.619. The maximum absolute atomic E-state index is 4.06. The monoisotopic (exact) mass is 125 g/mol. The fourth-order valence-corrected chi connectivity index (χ4v) is 1.46. The first-order chi connectivity index (χ1) is 4.10. The molecule has 0 unspecified atom stereocenters. The molecule has 0 aliphatic heterocycles. The first-order valence-electron chi connectivity index (χ1n) is 3.93. The Morgan fingerprint density at radius 3 is 2.00 bits per heavy atom. The number of hydrogen-bond donors (Lipinski definition) is 0. The van der Waals surface area contributed by atoms with Crippen molar-refractivity contribution in [3.63, 3.8) is 0 Å². The van der Waals surface area contributed by atoms with Gasteiger partial charge in [0, 0.05) is 0 Å². The molecule has 0 aromatic rings. The molecule has 1 saturated carbocycles. The molecule has 0 aromatic carbocycles. The van der Waals surface area contributed by atoms with Gasteiger partial charge in [-0.25, -0.2) is 0 Å². The lowest BCUT2D eigenvalue weighted by atomic mass is 9.74. The summed E-state index contributed by atoms with van der Waals surface area (Å²) in [6.45, 7) is 8.78. The van der Waals surface area contributed by atoms with Crippen LogP contribution in [0.15, 0.2) is 0 Å². The van der Waals surface area contributed by atoms with E-state index in [2.05, 4.69) is 20.8 Å². The van der Waals surface area contributed by atoms with Gasteiger partial charge in [0.25, 0.3) is 0 Å². The van der Waals surface area contributed by atoms with Crippen LogP contribution in [0.25, 0.3) is 0 Å². The first-order valence-corrected chi connectivity index (χ1v) is 3.93. The summed E-state index contributed by atoms with van der Waals surface area (Å²) in [5.74, 6) is 0.748. The van der Waals surface area contributed by atoms with Gasteiger partial charge in [-0.3, -0.25) is 0 Å². The van der Waals surface area contributed by atoms with E-state index in [4.69, 9.17) is 0 Å². The fourth-order valence-electron chi connectivity index (χ4n) is 1.46. The van der Waals surface area contributed by atoms with Crippen LogP contribution in [0.4, 0.5) is 0 Å². The fraction of sp³-hybridized carbons (Fsp3) is 0.889. The van der Waals surface area contributed by atoms with E-state index >= 15 is 0 Å². The predicted octanol–water partition coefficient (Wildman–Crippen LogP) is 3.04. The van der Waals surface area contributed by atoms with E-state index in [9.17, 15) is 0 Å². The summed E-state index contributed by atoms with van der Waals surface area (Å²) in [6.07, 6.45) is 5.43. The van der Waals surface area contributed by atoms with Gasteiger partial charge >= 0.3 is 0 Å². The molecule has 0 nitrogen and oxygen atoms in total. The van der Waals surface area contributed by atoms with Gasteiger partial charge in [0.2, 0.25) is 0 Å². The molecule has 0 aromatic heterocycles. The van der Waals surface area contributed by atoms with Crippen molar-refractivity contribution in [2.75, 3.05) is 0 Å². The van der Waals surface area contributed by atoms with E-state index in [0.29, 0.717) is 5.41 Å². The van der Waals surface area contributed by atoms with E-state index in [1.807, 2.05) is 0 Å². The van der Waals surface area contributed by atoms with Gasteiger partial charge in [-0.15, -0.1) is 0 Å². The second-order valence-electron chi connectivity index (χ2n) is 4.11. The summed E-state index contributed by atoms with van der Waals surface area (Å²) in [7, 11) is 0. The van der Waals surface area contributed by atoms with Crippen LogP contribution in [0.1, 0.15) is 39.5 Å². The highest BCUT2D eigenvalue weighted by Crippen LogP contribution is 2.37. The molecular weight excluding hydrogens is 108 g/mol. The van der Waals surface area contributed by atoms with Crippen LogP contribution in [0.3, 0.4) is 0 Å². The molecule has 1 aliphatic rings. The maximum atomic E-state index is 4.06. The van der Waals surface area contributed by atoms with Crippen molar-refractivity contribution in [1.29, 1.82) is 0 Å². The molecule has 0 radical (unpaired) electrons. The Kier molecular flexibility index (Phi) is 1.83. The van der Waals surface area contributed by atoms with E-state index < -0.39 is 0 Å². The smallest absolute Gasteiger partial charge is 0.0356 e. The lowest BCUT2D eigenvalue weighted by molar-refractivity contribution is 0.212. The molecule has 0 heterocycles. The van der Waals surface area contributed by atoms with Gasteiger partial charge < -0.3 is 6.92 Å². The van der Waals surface area contributed by atoms with Gasteiger partial charge in [0.1, 0.15) is 0 Å². The highest BCUT2D eigenvalue weighted by molar-refractivity contribution is 4.78. The standard InChI is InChI=1S/C9H17/c1-8-4-6-9(2,3)7-5-8/h8H,1,4-7H2,2-3H3/q-1. The minimum Gasteiger partial charge on any atom is -0.340 e. The lowest BCUT2D eigenvalue weighted by Gasteiger charge is -2.35. The third-order valence-electron chi connectivity index (χ3n) is 2.46. The van der Waals surface area contributed by atoms with Crippen LogP contribution >= 0.6 is 0 Å². The molecule has 0 bridgehead atoms. The third-order valence-corrected chi connectivity index (χ3v) is 2.46. The minimum absolute atomic E-state index is 0.619. The molecule has 0 atom stereocenters. The van der Waals surface area contributed by atoms with Crippen molar-refractivity contribution in [1.82, 2.24) is 0 Å². The zero-order chi connectivity index (χ0) is 6.91. The van der Waals surface area contributed by atoms with Crippen molar-refractivity contribution >= 4 is 0 Å². The van der Waals surface area contributed by atoms with Crippen LogP contribution in [0.2, 0.25) is 0 Å². The molecule has 0 spiro atoms. The summed E-state index contributed by atoms with van der Waals surface area (Å²) in [5.41, 5.74) is 0.619. The topological polar surface area (TPSA) is 0 Å². The molecule has 54 valence electrons.